The number of rotatable bonds is 3. The summed E-state index contributed by atoms with van der Waals surface area (Å²) in [7, 11) is 1.84. The Bertz CT molecular complexity index is 207. The van der Waals surface area contributed by atoms with Crippen molar-refractivity contribution in [2.24, 2.45) is 10.4 Å². The van der Waals surface area contributed by atoms with Crippen molar-refractivity contribution in [3.8, 4) is 0 Å². The highest BCUT2D eigenvalue weighted by atomic mass is 14.9. The quantitative estimate of drug-likeness (QED) is 0.667. The van der Waals surface area contributed by atoms with E-state index in [9.17, 15) is 0 Å². The number of nitrogens with zero attached hydrogens (tertiary/aromatic N) is 1. The van der Waals surface area contributed by atoms with E-state index in [4.69, 9.17) is 0 Å². The van der Waals surface area contributed by atoms with Gasteiger partial charge in [-0.3, -0.25) is 4.99 Å². The molecule has 0 saturated heterocycles. The molecule has 76 valence electrons. The van der Waals surface area contributed by atoms with Crippen LogP contribution in [-0.4, -0.2) is 19.3 Å². The lowest BCUT2D eigenvalue weighted by Gasteiger charge is -2.19. The summed E-state index contributed by atoms with van der Waals surface area (Å²) in [6.07, 6.45) is 2.11. The molecule has 2 heteroatoms. The molecule has 13 heavy (non-hydrogen) atoms. The van der Waals surface area contributed by atoms with Gasteiger partial charge in [-0.15, -0.1) is 0 Å². The van der Waals surface area contributed by atoms with E-state index in [1.807, 2.05) is 7.05 Å². The molecule has 0 fully saturated rings. The fourth-order valence-corrected chi connectivity index (χ4v) is 1.15. The van der Waals surface area contributed by atoms with Crippen LogP contribution in [0.3, 0.4) is 0 Å². The van der Waals surface area contributed by atoms with Crippen LogP contribution in [0.4, 0.5) is 0 Å². The van der Waals surface area contributed by atoms with Gasteiger partial charge in [0.2, 0.25) is 0 Å². The largest absolute Gasteiger partial charge is 0.389 e. The van der Waals surface area contributed by atoms with E-state index in [1.54, 1.807) is 0 Å². The van der Waals surface area contributed by atoms with Gasteiger partial charge in [0.25, 0.3) is 0 Å². The van der Waals surface area contributed by atoms with Crippen LogP contribution >= 0.6 is 0 Å². The van der Waals surface area contributed by atoms with Crippen LogP contribution in [0.25, 0.3) is 0 Å². The molecule has 0 rings (SSSR count). The van der Waals surface area contributed by atoms with Crippen LogP contribution < -0.4 is 5.32 Å². The Kier molecular flexibility index (Phi) is 4.74. The number of allylic oxidation sites excluding steroid dienone is 2. The second-order valence-corrected chi connectivity index (χ2v) is 4.22. The molecule has 1 N–H and O–H groups in total. The monoisotopic (exact) mass is 182 g/mol. The van der Waals surface area contributed by atoms with E-state index in [0.29, 0.717) is 0 Å². The van der Waals surface area contributed by atoms with Crippen molar-refractivity contribution in [1.82, 2.24) is 5.32 Å². The van der Waals surface area contributed by atoms with Crippen LogP contribution in [0.5, 0.6) is 0 Å². The van der Waals surface area contributed by atoms with Crippen LogP contribution in [0.1, 0.15) is 34.6 Å². The Labute approximate surface area is 82.1 Å². The molecular formula is C11H22N2. The molecular weight excluding hydrogens is 160 g/mol. The molecule has 0 spiro atoms. The average molecular weight is 182 g/mol. The van der Waals surface area contributed by atoms with Gasteiger partial charge in [-0.25, -0.2) is 0 Å². The smallest absolute Gasteiger partial charge is 0.0415 e. The number of aliphatic imine (C=N–C) groups is 1. The van der Waals surface area contributed by atoms with E-state index in [-0.39, 0.29) is 5.41 Å². The lowest BCUT2D eigenvalue weighted by atomic mass is 9.89. The minimum absolute atomic E-state index is 0.130. The van der Waals surface area contributed by atoms with Gasteiger partial charge in [-0.2, -0.15) is 0 Å². The summed E-state index contributed by atoms with van der Waals surface area (Å²) >= 11 is 0. The zero-order valence-corrected chi connectivity index (χ0v) is 9.73. The first-order chi connectivity index (χ1) is 5.91. The van der Waals surface area contributed by atoms with Crippen molar-refractivity contribution < 1.29 is 0 Å². The summed E-state index contributed by atoms with van der Waals surface area (Å²) in [6.45, 7) is 11.6. The van der Waals surface area contributed by atoms with Gasteiger partial charge >= 0.3 is 0 Å². The van der Waals surface area contributed by atoms with Crippen molar-refractivity contribution in [2.75, 3.05) is 13.6 Å². The molecule has 0 aromatic rings. The molecule has 0 aromatic carbocycles. The molecule has 0 aliphatic heterocycles. The number of nitrogens with one attached hydrogen (secondary N) is 1. The Morgan fingerprint density at radius 2 is 1.92 bits per heavy atom. The molecule has 0 amide bonds. The van der Waals surface area contributed by atoms with Crippen LogP contribution in [0.2, 0.25) is 0 Å². The van der Waals surface area contributed by atoms with Crippen molar-refractivity contribution in [1.29, 1.82) is 0 Å². The molecule has 0 saturated carbocycles. The lowest BCUT2D eigenvalue weighted by Crippen LogP contribution is -2.20. The fourth-order valence-electron chi connectivity index (χ4n) is 1.15. The Morgan fingerprint density at radius 3 is 2.23 bits per heavy atom. The maximum absolute atomic E-state index is 4.28. The number of hydrogen-bond acceptors (Lipinski definition) is 2. The minimum atomic E-state index is 0.130. The maximum atomic E-state index is 4.28. The second kappa shape index (κ2) is 5.05. The van der Waals surface area contributed by atoms with E-state index in [0.717, 1.165) is 12.3 Å². The molecule has 0 aliphatic rings. The predicted octanol–water partition coefficient (Wildman–Crippen LogP) is 2.62. The Hall–Kier alpha value is -0.790. The topological polar surface area (TPSA) is 24.4 Å². The highest BCUT2D eigenvalue weighted by molar-refractivity contribution is 5.99. The van der Waals surface area contributed by atoms with Gasteiger partial charge in [0.05, 0.1) is 0 Å². The van der Waals surface area contributed by atoms with Gasteiger partial charge in [0.15, 0.2) is 0 Å². The third-order valence-corrected chi connectivity index (χ3v) is 1.82. The van der Waals surface area contributed by atoms with E-state index < -0.39 is 0 Å². The summed E-state index contributed by atoms with van der Waals surface area (Å²) < 4.78 is 0. The van der Waals surface area contributed by atoms with Crippen LogP contribution in [-0.2, 0) is 0 Å². The maximum Gasteiger partial charge on any atom is 0.0415 e. The molecule has 0 aliphatic carbocycles. The van der Waals surface area contributed by atoms with Gasteiger partial charge in [0, 0.05) is 30.4 Å². The van der Waals surface area contributed by atoms with Crippen molar-refractivity contribution in [2.45, 2.75) is 34.6 Å². The van der Waals surface area contributed by atoms with Gasteiger partial charge < -0.3 is 5.32 Å². The average Bonchev–Trinajstić information content (AvgIpc) is 1.98. The summed E-state index contributed by atoms with van der Waals surface area (Å²) in [6, 6.07) is 0. The van der Waals surface area contributed by atoms with E-state index in [2.05, 4.69) is 51.0 Å². The fraction of sp³-hybridized carbons (Fsp3) is 0.727. The van der Waals surface area contributed by atoms with Crippen LogP contribution in [0.15, 0.2) is 16.8 Å². The zero-order chi connectivity index (χ0) is 10.5. The molecule has 0 unspecified atom stereocenters. The van der Waals surface area contributed by atoms with Crippen molar-refractivity contribution >= 4 is 5.71 Å². The highest BCUT2D eigenvalue weighted by Gasteiger charge is 2.15. The van der Waals surface area contributed by atoms with Crippen molar-refractivity contribution in [3.63, 3.8) is 0 Å². The molecule has 0 atom stereocenters. The van der Waals surface area contributed by atoms with E-state index >= 15 is 0 Å². The summed E-state index contributed by atoms with van der Waals surface area (Å²) in [5.41, 5.74) is 2.44. The Morgan fingerprint density at radius 1 is 1.38 bits per heavy atom. The molecule has 0 radical (unpaired) electrons. The molecule has 0 bridgehead atoms. The SMILES string of the molecule is CCN/C(C)=C/C(=N\C)C(C)(C)C. The van der Waals surface area contributed by atoms with E-state index in [1.165, 1.54) is 5.70 Å². The lowest BCUT2D eigenvalue weighted by molar-refractivity contribution is 0.592. The highest BCUT2D eigenvalue weighted by Crippen LogP contribution is 2.17. The van der Waals surface area contributed by atoms with Crippen LogP contribution in [0, 0.1) is 5.41 Å². The second-order valence-electron chi connectivity index (χ2n) is 4.22. The molecule has 0 heterocycles. The number of hydrogen-bond donors (Lipinski definition) is 1. The van der Waals surface area contributed by atoms with Gasteiger partial charge in [0.1, 0.15) is 0 Å². The Balaban J connectivity index is 4.56. The van der Waals surface area contributed by atoms with Crippen molar-refractivity contribution in [3.05, 3.63) is 11.8 Å². The zero-order valence-electron chi connectivity index (χ0n) is 9.73. The summed E-state index contributed by atoms with van der Waals surface area (Å²) in [4.78, 5) is 4.28. The van der Waals surface area contributed by atoms with Gasteiger partial charge in [-0.05, 0) is 19.9 Å². The third-order valence-electron chi connectivity index (χ3n) is 1.82. The standard InChI is InChI=1S/C11H22N2/c1-7-13-9(2)8-10(12-6)11(3,4)5/h8,13H,7H2,1-6H3/b9-8+,12-10+. The minimum Gasteiger partial charge on any atom is -0.389 e. The first kappa shape index (κ1) is 12.2. The molecule has 0 aromatic heterocycles. The molecule has 2 nitrogen and oxygen atoms in total. The summed E-state index contributed by atoms with van der Waals surface area (Å²) in [5.74, 6) is 0. The third kappa shape index (κ3) is 4.71. The first-order valence-electron chi connectivity index (χ1n) is 4.81. The van der Waals surface area contributed by atoms with Gasteiger partial charge in [-0.1, -0.05) is 20.8 Å². The first-order valence-corrected chi connectivity index (χ1v) is 4.81. The predicted molar refractivity (Wildman–Crippen MR) is 60.2 cm³/mol. The summed E-state index contributed by atoms with van der Waals surface area (Å²) in [5, 5.41) is 3.26. The normalized spacial score (nSPS) is 14.6.